The van der Waals surface area contributed by atoms with Crippen LogP contribution in [0, 0.1) is 5.82 Å². The summed E-state index contributed by atoms with van der Waals surface area (Å²) in [5.41, 5.74) is 0.760. The summed E-state index contributed by atoms with van der Waals surface area (Å²) in [6.45, 7) is 4.71. The molecule has 13 heteroatoms. The second-order valence-electron chi connectivity index (χ2n) is 9.22. The summed E-state index contributed by atoms with van der Waals surface area (Å²) < 4.78 is 61.5. The summed E-state index contributed by atoms with van der Waals surface area (Å²) in [6, 6.07) is 8.57. The highest BCUT2D eigenvalue weighted by Gasteiger charge is 2.30. The molecule has 0 atom stereocenters. The standard InChI is InChI=1S/C28H25F4N7O2/c1-2-25(40)35-19-7-8-23(29)24(13-19)37-26-22(17-3-5-18(6-4-17)28(30,31)32)15-33-27(38-26)36-20-14-34-39(16-20)21-9-11-41-12-10-21/h2-8,13-16,21H,1,9-12H2,(H,35,40)(H2,33,36,37,38). The van der Waals surface area contributed by atoms with Crippen molar-refractivity contribution < 1.29 is 27.1 Å². The van der Waals surface area contributed by atoms with Crippen LogP contribution in [0.5, 0.6) is 0 Å². The van der Waals surface area contributed by atoms with Crippen LogP contribution in [-0.2, 0) is 15.7 Å². The molecular weight excluding hydrogens is 542 g/mol. The SMILES string of the molecule is C=CC(=O)Nc1ccc(F)c(Nc2nc(Nc3cnn(C4CCOCC4)c3)ncc2-c2ccc(C(F)(F)F)cc2)c1. The van der Waals surface area contributed by atoms with Gasteiger partial charge >= 0.3 is 6.18 Å². The fraction of sp³-hybridized carbons (Fsp3) is 0.214. The molecule has 1 amide bonds. The van der Waals surface area contributed by atoms with Crippen molar-refractivity contribution in [2.75, 3.05) is 29.2 Å². The van der Waals surface area contributed by atoms with Gasteiger partial charge in [0.1, 0.15) is 11.6 Å². The Morgan fingerprint density at radius 3 is 2.51 bits per heavy atom. The molecular formula is C28H25F4N7O2. The zero-order chi connectivity index (χ0) is 29.0. The number of benzene rings is 2. The number of halogens is 4. The van der Waals surface area contributed by atoms with Crippen molar-refractivity contribution in [1.29, 1.82) is 0 Å². The van der Waals surface area contributed by atoms with Crippen molar-refractivity contribution in [3.63, 3.8) is 0 Å². The number of carbonyl (C=O) groups is 1. The minimum atomic E-state index is -4.50. The van der Waals surface area contributed by atoms with E-state index in [1.165, 1.54) is 30.5 Å². The maximum atomic E-state index is 14.8. The van der Waals surface area contributed by atoms with Crippen molar-refractivity contribution in [2.45, 2.75) is 25.1 Å². The first-order chi connectivity index (χ1) is 19.7. The van der Waals surface area contributed by atoms with E-state index in [-0.39, 0.29) is 23.5 Å². The van der Waals surface area contributed by atoms with Gasteiger partial charge in [0.25, 0.3) is 0 Å². The average molecular weight is 568 g/mol. The van der Waals surface area contributed by atoms with Crippen LogP contribution in [0.3, 0.4) is 0 Å². The third-order valence-electron chi connectivity index (χ3n) is 6.41. The molecule has 0 saturated carbocycles. The third-order valence-corrected chi connectivity index (χ3v) is 6.41. The maximum absolute atomic E-state index is 14.8. The molecule has 0 aliphatic carbocycles. The maximum Gasteiger partial charge on any atom is 0.416 e. The molecule has 3 N–H and O–H groups in total. The first-order valence-electron chi connectivity index (χ1n) is 12.6. The van der Waals surface area contributed by atoms with E-state index in [1.807, 2.05) is 10.9 Å². The molecule has 3 heterocycles. The number of rotatable bonds is 8. The predicted molar refractivity (Wildman–Crippen MR) is 146 cm³/mol. The van der Waals surface area contributed by atoms with Gasteiger partial charge < -0.3 is 20.7 Å². The zero-order valence-corrected chi connectivity index (χ0v) is 21.6. The van der Waals surface area contributed by atoms with Crippen LogP contribution in [0.25, 0.3) is 11.1 Å². The first kappa shape index (κ1) is 27.8. The monoisotopic (exact) mass is 567 g/mol. The fourth-order valence-electron chi connectivity index (χ4n) is 4.29. The van der Waals surface area contributed by atoms with Crippen LogP contribution in [0.1, 0.15) is 24.4 Å². The number of anilines is 5. The van der Waals surface area contributed by atoms with Gasteiger partial charge in [-0.25, -0.2) is 9.37 Å². The lowest BCUT2D eigenvalue weighted by Crippen LogP contribution is -2.19. The largest absolute Gasteiger partial charge is 0.416 e. The van der Waals surface area contributed by atoms with Gasteiger partial charge in [-0.15, -0.1) is 0 Å². The minimum Gasteiger partial charge on any atom is -0.381 e. The number of ether oxygens (including phenoxy) is 1. The van der Waals surface area contributed by atoms with Gasteiger partial charge in [0, 0.05) is 36.9 Å². The van der Waals surface area contributed by atoms with E-state index in [0.29, 0.717) is 35.7 Å². The number of alkyl halides is 3. The van der Waals surface area contributed by atoms with Gasteiger partial charge in [-0.3, -0.25) is 9.48 Å². The summed E-state index contributed by atoms with van der Waals surface area (Å²) in [5, 5.41) is 12.9. The molecule has 1 aliphatic heterocycles. The smallest absolute Gasteiger partial charge is 0.381 e. The third kappa shape index (κ3) is 6.69. The van der Waals surface area contributed by atoms with Crippen molar-refractivity contribution in [2.24, 2.45) is 0 Å². The quantitative estimate of drug-likeness (QED) is 0.166. The predicted octanol–water partition coefficient (Wildman–Crippen LogP) is 6.46. The topological polar surface area (TPSA) is 106 Å². The number of hydrogen-bond acceptors (Lipinski definition) is 7. The van der Waals surface area contributed by atoms with E-state index in [2.05, 4.69) is 37.6 Å². The molecule has 9 nitrogen and oxygen atoms in total. The van der Waals surface area contributed by atoms with Crippen LogP contribution >= 0.6 is 0 Å². The molecule has 0 radical (unpaired) electrons. The van der Waals surface area contributed by atoms with Gasteiger partial charge in [-0.2, -0.15) is 23.3 Å². The van der Waals surface area contributed by atoms with E-state index in [9.17, 15) is 22.4 Å². The Hall–Kier alpha value is -4.78. The highest BCUT2D eigenvalue weighted by molar-refractivity contribution is 5.99. The van der Waals surface area contributed by atoms with E-state index in [4.69, 9.17) is 4.74 Å². The Morgan fingerprint density at radius 1 is 1.05 bits per heavy atom. The number of nitrogens with one attached hydrogen (secondary N) is 3. The molecule has 1 saturated heterocycles. The average Bonchev–Trinajstić information content (AvgIpc) is 3.43. The highest BCUT2D eigenvalue weighted by Crippen LogP contribution is 2.35. The number of amides is 1. The van der Waals surface area contributed by atoms with Crippen molar-refractivity contribution in [3.05, 3.63) is 85.1 Å². The lowest BCUT2D eigenvalue weighted by atomic mass is 10.1. The van der Waals surface area contributed by atoms with Gasteiger partial charge in [0.2, 0.25) is 11.9 Å². The minimum absolute atomic E-state index is 0.0305. The number of nitrogens with zero attached hydrogens (tertiary/aromatic N) is 4. The van der Waals surface area contributed by atoms with Crippen LogP contribution in [0.2, 0.25) is 0 Å². The number of carbonyl (C=O) groups excluding carboxylic acids is 1. The van der Waals surface area contributed by atoms with E-state index < -0.39 is 23.5 Å². The fourth-order valence-corrected chi connectivity index (χ4v) is 4.29. The van der Waals surface area contributed by atoms with E-state index >= 15 is 0 Å². The molecule has 4 aromatic rings. The van der Waals surface area contributed by atoms with Gasteiger partial charge in [0.05, 0.1) is 29.2 Å². The summed E-state index contributed by atoms with van der Waals surface area (Å²) in [7, 11) is 0. The molecule has 41 heavy (non-hydrogen) atoms. The summed E-state index contributed by atoms with van der Waals surface area (Å²) in [4.78, 5) is 20.6. The zero-order valence-electron chi connectivity index (χ0n) is 21.6. The molecule has 1 fully saturated rings. The second-order valence-corrected chi connectivity index (χ2v) is 9.22. The Kier molecular flexibility index (Phi) is 7.97. The lowest BCUT2D eigenvalue weighted by Gasteiger charge is -2.22. The van der Waals surface area contributed by atoms with Gasteiger partial charge in [0.15, 0.2) is 0 Å². The number of aromatic nitrogens is 4. The molecule has 0 bridgehead atoms. The van der Waals surface area contributed by atoms with Crippen molar-refractivity contribution in [3.8, 4) is 11.1 Å². The summed E-state index contributed by atoms with van der Waals surface area (Å²) in [6.07, 6.45) is 3.12. The van der Waals surface area contributed by atoms with Crippen LogP contribution in [-0.4, -0.2) is 38.9 Å². The highest BCUT2D eigenvalue weighted by atomic mass is 19.4. The van der Waals surface area contributed by atoms with Crippen molar-refractivity contribution in [1.82, 2.24) is 19.7 Å². The van der Waals surface area contributed by atoms with Gasteiger partial charge in [-0.05, 0) is 54.8 Å². The summed E-state index contributed by atoms with van der Waals surface area (Å²) in [5.74, 6) is -0.870. The Bertz CT molecular complexity index is 1550. The Labute approximate surface area is 232 Å². The first-order valence-corrected chi connectivity index (χ1v) is 12.6. The lowest BCUT2D eigenvalue weighted by molar-refractivity contribution is -0.137. The molecule has 0 spiro atoms. The van der Waals surface area contributed by atoms with Crippen LogP contribution in [0.15, 0.2) is 73.7 Å². The number of hydrogen-bond donors (Lipinski definition) is 3. The molecule has 0 unspecified atom stereocenters. The van der Waals surface area contributed by atoms with Gasteiger partial charge in [-0.1, -0.05) is 18.7 Å². The molecule has 1 aliphatic rings. The van der Waals surface area contributed by atoms with E-state index in [0.717, 1.165) is 37.1 Å². The molecule has 2 aromatic heterocycles. The second kappa shape index (κ2) is 11.8. The van der Waals surface area contributed by atoms with Crippen molar-refractivity contribution >= 4 is 34.7 Å². The summed E-state index contributed by atoms with van der Waals surface area (Å²) >= 11 is 0. The Balaban J connectivity index is 1.47. The van der Waals surface area contributed by atoms with Crippen LogP contribution in [0.4, 0.5) is 46.4 Å². The molecule has 212 valence electrons. The molecule has 2 aromatic carbocycles. The Morgan fingerprint density at radius 2 is 1.80 bits per heavy atom. The molecule has 5 rings (SSSR count). The van der Waals surface area contributed by atoms with E-state index in [1.54, 1.807) is 6.20 Å². The normalized spacial score (nSPS) is 14.0. The van der Waals surface area contributed by atoms with Crippen LogP contribution < -0.4 is 16.0 Å².